The van der Waals surface area contributed by atoms with E-state index in [0.717, 1.165) is 11.1 Å². The second-order valence-corrected chi connectivity index (χ2v) is 5.52. The van der Waals surface area contributed by atoms with Gasteiger partial charge in [0.2, 0.25) is 0 Å². The van der Waals surface area contributed by atoms with Crippen molar-refractivity contribution in [3.63, 3.8) is 0 Å². The first-order valence-electron chi connectivity index (χ1n) is 7.64. The fraction of sp³-hybridized carbons (Fsp3) is 0.0556. The largest absolute Gasteiger partial charge is 0.486 e. The van der Waals surface area contributed by atoms with E-state index >= 15 is 0 Å². The van der Waals surface area contributed by atoms with Crippen molar-refractivity contribution in [3.05, 3.63) is 66.0 Å². The second kappa shape index (κ2) is 6.20. The predicted molar refractivity (Wildman–Crippen MR) is 92.3 cm³/mol. The molecule has 0 aliphatic carbocycles. The van der Waals surface area contributed by atoms with Gasteiger partial charge < -0.3 is 10.5 Å². The van der Waals surface area contributed by atoms with E-state index in [-0.39, 0.29) is 5.82 Å². The van der Waals surface area contributed by atoms with Crippen molar-refractivity contribution in [3.8, 4) is 16.9 Å². The molecule has 0 aliphatic rings. The van der Waals surface area contributed by atoms with Gasteiger partial charge in [0.25, 0.3) is 0 Å². The molecule has 4 rings (SSSR count). The Morgan fingerprint density at radius 2 is 1.88 bits per heavy atom. The molecule has 3 N–H and O–H groups in total. The number of nitrogens with one attached hydrogen (secondary N) is 1. The lowest BCUT2D eigenvalue weighted by Gasteiger charge is -2.08. The van der Waals surface area contributed by atoms with Crippen LogP contribution in [0.1, 0.15) is 5.56 Å². The molecule has 2 heterocycles. The highest BCUT2D eigenvalue weighted by Gasteiger charge is 2.10. The maximum atomic E-state index is 13.8. The maximum absolute atomic E-state index is 13.8. The van der Waals surface area contributed by atoms with Crippen LogP contribution >= 0.6 is 0 Å². The van der Waals surface area contributed by atoms with Gasteiger partial charge in [-0.1, -0.05) is 47.7 Å². The van der Waals surface area contributed by atoms with Crippen LogP contribution in [0.4, 0.5) is 10.2 Å². The molecule has 7 heteroatoms. The lowest BCUT2D eigenvalue weighted by Crippen LogP contribution is -1.99. The number of H-pyrrole nitrogens is 1. The van der Waals surface area contributed by atoms with E-state index in [2.05, 4.69) is 20.4 Å². The van der Waals surface area contributed by atoms with Crippen LogP contribution in [0.3, 0.4) is 0 Å². The average molecular weight is 335 g/mol. The number of nitrogens with zero attached hydrogens (tertiary/aromatic N) is 3. The molecule has 0 fully saturated rings. The van der Waals surface area contributed by atoms with E-state index in [0.29, 0.717) is 34.9 Å². The number of rotatable bonds is 4. The van der Waals surface area contributed by atoms with Gasteiger partial charge in [-0.15, -0.1) is 5.10 Å². The summed E-state index contributed by atoms with van der Waals surface area (Å²) in [7, 11) is 0. The molecule has 6 nitrogen and oxygen atoms in total. The molecule has 0 bridgehead atoms. The molecule has 124 valence electrons. The lowest BCUT2D eigenvalue weighted by atomic mass is 10.0. The summed E-state index contributed by atoms with van der Waals surface area (Å²) in [5.41, 5.74) is 9.07. The van der Waals surface area contributed by atoms with Crippen LogP contribution in [-0.2, 0) is 6.61 Å². The quantitative estimate of drug-likeness (QED) is 0.597. The highest BCUT2D eigenvalue weighted by Crippen LogP contribution is 2.25. The van der Waals surface area contributed by atoms with Gasteiger partial charge in [-0.3, -0.25) is 0 Å². The van der Waals surface area contributed by atoms with Crippen LogP contribution in [-0.4, -0.2) is 20.4 Å². The number of aromatic amines is 1. The van der Waals surface area contributed by atoms with E-state index in [4.69, 9.17) is 10.5 Å². The third-order valence-corrected chi connectivity index (χ3v) is 3.82. The molecule has 4 aromatic rings. The van der Waals surface area contributed by atoms with Crippen molar-refractivity contribution in [2.45, 2.75) is 6.61 Å². The number of benzene rings is 2. The number of anilines is 1. The monoisotopic (exact) mass is 335 g/mol. The molecule has 0 atom stereocenters. The first-order chi connectivity index (χ1) is 12.2. The van der Waals surface area contributed by atoms with Crippen LogP contribution in [0.15, 0.2) is 54.6 Å². The predicted octanol–water partition coefficient (Wildman–Crippen LogP) is 3.32. The molecule has 0 saturated carbocycles. The zero-order valence-corrected chi connectivity index (χ0v) is 13.1. The van der Waals surface area contributed by atoms with E-state index < -0.39 is 0 Å². The van der Waals surface area contributed by atoms with E-state index in [1.165, 1.54) is 6.07 Å². The molecule has 25 heavy (non-hydrogen) atoms. The molecule has 0 aliphatic heterocycles. The Balaban J connectivity index is 1.54. The molecule has 0 spiro atoms. The SMILES string of the molecule is Nc1cc(OCc2ccc(-c3ccccc3F)cc2)c2nn[nH]c2n1. The number of nitrogens with two attached hydrogens (primary N) is 1. The van der Waals surface area contributed by atoms with Gasteiger partial charge in [0.15, 0.2) is 16.9 Å². The molecular weight excluding hydrogens is 321 g/mol. The molecular formula is C18H14FN5O. The van der Waals surface area contributed by atoms with Crippen molar-refractivity contribution in [1.29, 1.82) is 0 Å². The number of halogens is 1. The van der Waals surface area contributed by atoms with Gasteiger partial charge >= 0.3 is 0 Å². The highest BCUT2D eigenvalue weighted by atomic mass is 19.1. The van der Waals surface area contributed by atoms with Crippen LogP contribution < -0.4 is 10.5 Å². The summed E-state index contributed by atoms with van der Waals surface area (Å²) in [5, 5.41) is 10.3. The van der Waals surface area contributed by atoms with Crippen molar-refractivity contribution in [2.24, 2.45) is 0 Å². The van der Waals surface area contributed by atoms with E-state index in [9.17, 15) is 4.39 Å². The van der Waals surface area contributed by atoms with Gasteiger partial charge in [0.05, 0.1) is 0 Å². The summed E-state index contributed by atoms with van der Waals surface area (Å²) in [5.74, 6) is 0.588. The average Bonchev–Trinajstić information content (AvgIpc) is 3.09. The molecule has 0 amide bonds. The maximum Gasteiger partial charge on any atom is 0.181 e. The minimum atomic E-state index is -0.243. The van der Waals surface area contributed by atoms with Crippen molar-refractivity contribution in [1.82, 2.24) is 20.4 Å². The normalized spacial score (nSPS) is 10.9. The van der Waals surface area contributed by atoms with Crippen molar-refractivity contribution >= 4 is 17.0 Å². The molecule has 2 aromatic heterocycles. The summed E-state index contributed by atoms with van der Waals surface area (Å²) < 4.78 is 19.6. The molecule has 0 unspecified atom stereocenters. The number of hydrogen-bond donors (Lipinski definition) is 2. The Hall–Kier alpha value is -3.48. The third-order valence-electron chi connectivity index (χ3n) is 3.82. The summed E-state index contributed by atoms with van der Waals surface area (Å²) >= 11 is 0. The Bertz CT molecular complexity index is 1030. The Morgan fingerprint density at radius 3 is 2.68 bits per heavy atom. The first kappa shape index (κ1) is 15.1. The summed E-state index contributed by atoms with van der Waals surface area (Å²) in [6, 6.07) is 15.8. The highest BCUT2D eigenvalue weighted by molar-refractivity contribution is 5.78. The Labute approximate surface area is 142 Å². The van der Waals surface area contributed by atoms with Gasteiger partial charge in [0.1, 0.15) is 18.2 Å². The fourth-order valence-corrected chi connectivity index (χ4v) is 2.58. The number of nitrogen functional groups attached to an aromatic ring is 1. The van der Waals surface area contributed by atoms with Crippen molar-refractivity contribution in [2.75, 3.05) is 5.73 Å². The Morgan fingerprint density at radius 1 is 1.08 bits per heavy atom. The van der Waals surface area contributed by atoms with E-state index in [1.54, 1.807) is 18.2 Å². The number of aromatic nitrogens is 4. The van der Waals surface area contributed by atoms with Gasteiger partial charge in [-0.25, -0.2) is 14.5 Å². The summed E-state index contributed by atoms with van der Waals surface area (Å²) in [6.45, 7) is 0.322. The fourth-order valence-electron chi connectivity index (χ4n) is 2.58. The van der Waals surface area contributed by atoms with Crippen LogP contribution in [0.25, 0.3) is 22.3 Å². The van der Waals surface area contributed by atoms with Gasteiger partial charge in [-0.05, 0) is 17.2 Å². The molecule has 0 saturated heterocycles. The summed E-state index contributed by atoms with van der Waals surface area (Å²) in [4.78, 5) is 4.09. The van der Waals surface area contributed by atoms with Crippen LogP contribution in [0.5, 0.6) is 5.75 Å². The third kappa shape index (κ3) is 2.99. The number of fused-ring (bicyclic) bond motifs is 1. The number of hydrogen-bond acceptors (Lipinski definition) is 5. The minimum Gasteiger partial charge on any atom is -0.486 e. The smallest absolute Gasteiger partial charge is 0.181 e. The summed E-state index contributed by atoms with van der Waals surface area (Å²) in [6.07, 6.45) is 0. The van der Waals surface area contributed by atoms with E-state index in [1.807, 2.05) is 30.3 Å². The zero-order chi connectivity index (χ0) is 17.2. The minimum absolute atomic E-state index is 0.243. The van der Waals surface area contributed by atoms with Crippen molar-refractivity contribution < 1.29 is 9.13 Å². The molecule has 0 radical (unpaired) electrons. The van der Waals surface area contributed by atoms with Gasteiger partial charge in [0, 0.05) is 11.6 Å². The zero-order valence-electron chi connectivity index (χ0n) is 13.1. The Kier molecular flexibility index (Phi) is 3.74. The first-order valence-corrected chi connectivity index (χ1v) is 7.64. The van der Waals surface area contributed by atoms with Crippen LogP contribution in [0, 0.1) is 5.82 Å². The lowest BCUT2D eigenvalue weighted by molar-refractivity contribution is 0.309. The standard InChI is InChI=1S/C18H14FN5O/c19-14-4-2-1-3-13(14)12-7-5-11(6-8-12)10-25-15-9-16(20)21-18-17(15)22-24-23-18/h1-9H,10H2,(H3,20,21,22,23,24). The number of pyridine rings is 1. The topological polar surface area (TPSA) is 89.7 Å². The second-order valence-electron chi connectivity index (χ2n) is 5.52. The number of ether oxygens (including phenoxy) is 1. The molecule has 2 aromatic carbocycles. The van der Waals surface area contributed by atoms with Gasteiger partial charge in [-0.2, -0.15) is 0 Å². The van der Waals surface area contributed by atoms with Crippen LogP contribution in [0.2, 0.25) is 0 Å².